The Morgan fingerprint density at radius 1 is 1.53 bits per heavy atom. The van der Waals surface area contributed by atoms with Crippen LogP contribution in [0.4, 0.5) is 0 Å². The first-order valence-electron chi connectivity index (χ1n) is 4.78. The predicted molar refractivity (Wildman–Crippen MR) is 60.3 cm³/mol. The van der Waals surface area contributed by atoms with Gasteiger partial charge in [0, 0.05) is 5.02 Å². The van der Waals surface area contributed by atoms with E-state index in [4.69, 9.17) is 16.7 Å². The maximum absolute atomic E-state index is 10.7. The summed E-state index contributed by atoms with van der Waals surface area (Å²) in [6, 6.07) is 6.97. The zero-order valence-corrected chi connectivity index (χ0v) is 9.29. The molecule has 0 aliphatic rings. The van der Waals surface area contributed by atoms with Gasteiger partial charge in [0.15, 0.2) is 0 Å². The number of carbonyl (C=O) groups is 1. The minimum Gasteiger partial charge on any atom is -0.480 e. The summed E-state index contributed by atoms with van der Waals surface area (Å²) >= 11 is 5.96. The van der Waals surface area contributed by atoms with Gasteiger partial charge in [-0.05, 0) is 31.5 Å². The molecule has 1 unspecified atom stereocenters. The van der Waals surface area contributed by atoms with E-state index >= 15 is 0 Å². The van der Waals surface area contributed by atoms with Crippen molar-refractivity contribution in [1.82, 2.24) is 5.32 Å². The van der Waals surface area contributed by atoms with Gasteiger partial charge in [0.25, 0.3) is 0 Å². The monoisotopic (exact) mass is 227 g/mol. The Labute approximate surface area is 94.1 Å². The normalized spacial score (nSPS) is 12.4. The van der Waals surface area contributed by atoms with Gasteiger partial charge in [-0.1, -0.05) is 29.8 Å². The van der Waals surface area contributed by atoms with Crippen LogP contribution >= 0.6 is 11.6 Å². The van der Waals surface area contributed by atoms with E-state index in [0.717, 1.165) is 5.56 Å². The molecule has 0 saturated heterocycles. The molecular formula is C11H14ClNO2. The first-order chi connectivity index (χ1) is 7.15. The highest BCUT2D eigenvalue weighted by Crippen LogP contribution is 2.17. The summed E-state index contributed by atoms with van der Waals surface area (Å²) in [5.41, 5.74) is 0.987. The van der Waals surface area contributed by atoms with Crippen molar-refractivity contribution in [2.24, 2.45) is 0 Å². The van der Waals surface area contributed by atoms with Crippen molar-refractivity contribution in [3.05, 3.63) is 34.9 Å². The van der Waals surface area contributed by atoms with E-state index in [1.165, 1.54) is 0 Å². The Bertz CT molecular complexity index is 341. The van der Waals surface area contributed by atoms with Crippen LogP contribution < -0.4 is 5.32 Å². The van der Waals surface area contributed by atoms with Crippen LogP contribution in [-0.2, 0) is 11.2 Å². The molecule has 0 saturated carbocycles. The summed E-state index contributed by atoms with van der Waals surface area (Å²) in [5, 5.41) is 12.3. The summed E-state index contributed by atoms with van der Waals surface area (Å²) in [7, 11) is 1.64. The average molecular weight is 228 g/mol. The predicted octanol–water partition coefficient (Wildman–Crippen LogP) is 1.95. The van der Waals surface area contributed by atoms with E-state index in [9.17, 15) is 4.79 Å². The van der Waals surface area contributed by atoms with Crippen molar-refractivity contribution in [2.75, 3.05) is 7.05 Å². The topological polar surface area (TPSA) is 49.3 Å². The maximum Gasteiger partial charge on any atom is 0.320 e. The third kappa shape index (κ3) is 3.53. The van der Waals surface area contributed by atoms with Gasteiger partial charge in [-0.25, -0.2) is 0 Å². The lowest BCUT2D eigenvalue weighted by molar-refractivity contribution is -0.139. The third-order valence-electron chi connectivity index (χ3n) is 2.31. The van der Waals surface area contributed by atoms with Crippen LogP contribution in [0.1, 0.15) is 12.0 Å². The average Bonchev–Trinajstić information content (AvgIpc) is 2.21. The lowest BCUT2D eigenvalue weighted by Crippen LogP contribution is -2.34. The minimum absolute atomic E-state index is 0.513. The summed E-state index contributed by atoms with van der Waals surface area (Å²) in [6.07, 6.45) is 1.20. The van der Waals surface area contributed by atoms with Gasteiger partial charge >= 0.3 is 5.97 Å². The van der Waals surface area contributed by atoms with Crippen molar-refractivity contribution < 1.29 is 9.90 Å². The summed E-state index contributed by atoms with van der Waals surface area (Å²) in [4.78, 5) is 10.7. The van der Waals surface area contributed by atoms with Crippen LogP contribution in [0.25, 0.3) is 0 Å². The lowest BCUT2D eigenvalue weighted by Gasteiger charge is -2.11. The molecule has 0 amide bonds. The number of halogens is 1. The van der Waals surface area contributed by atoms with Crippen molar-refractivity contribution in [3.8, 4) is 0 Å². The third-order valence-corrected chi connectivity index (χ3v) is 2.68. The van der Waals surface area contributed by atoms with Gasteiger partial charge in [0.1, 0.15) is 6.04 Å². The number of likely N-dealkylation sites (N-methyl/N-ethyl adjacent to an activating group) is 1. The molecule has 0 aromatic heterocycles. The number of aliphatic carboxylic acids is 1. The highest BCUT2D eigenvalue weighted by Gasteiger charge is 2.14. The number of carboxylic acids is 1. The molecule has 0 radical (unpaired) electrons. The fourth-order valence-corrected chi connectivity index (χ4v) is 1.62. The van der Waals surface area contributed by atoms with Crippen molar-refractivity contribution in [3.63, 3.8) is 0 Å². The number of aryl methyl sites for hydroxylation is 1. The molecule has 1 aromatic rings. The fraction of sp³-hybridized carbons (Fsp3) is 0.364. The van der Waals surface area contributed by atoms with Crippen LogP contribution in [0.2, 0.25) is 5.02 Å². The zero-order valence-electron chi connectivity index (χ0n) is 8.53. The number of nitrogens with one attached hydrogen (secondary N) is 1. The first kappa shape index (κ1) is 12.0. The Morgan fingerprint density at radius 2 is 2.20 bits per heavy atom. The number of hydrogen-bond donors (Lipinski definition) is 2. The Balaban J connectivity index is 2.56. The molecular weight excluding hydrogens is 214 g/mol. The number of benzene rings is 1. The molecule has 1 rings (SSSR count). The van der Waals surface area contributed by atoms with Crippen LogP contribution in [-0.4, -0.2) is 24.2 Å². The molecule has 2 N–H and O–H groups in total. The van der Waals surface area contributed by atoms with Crippen molar-refractivity contribution in [1.29, 1.82) is 0 Å². The van der Waals surface area contributed by atoms with Crippen LogP contribution in [0.3, 0.4) is 0 Å². The Kier molecular flexibility index (Phi) is 4.59. The van der Waals surface area contributed by atoms with E-state index in [1.54, 1.807) is 7.05 Å². The first-order valence-corrected chi connectivity index (χ1v) is 5.16. The molecule has 3 nitrogen and oxygen atoms in total. The van der Waals surface area contributed by atoms with E-state index < -0.39 is 12.0 Å². The Hall–Kier alpha value is -1.06. The van der Waals surface area contributed by atoms with Gasteiger partial charge in [-0.3, -0.25) is 4.79 Å². The zero-order chi connectivity index (χ0) is 11.3. The smallest absolute Gasteiger partial charge is 0.320 e. The van der Waals surface area contributed by atoms with Crippen molar-refractivity contribution in [2.45, 2.75) is 18.9 Å². The molecule has 15 heavy (non-hydrogen) atoms. The number of hydrogen-bond acceptors (Lipinski definition) is 2. The quantitative estimate of drug-likeness (QED) is 0.809. The highest BCUT2D eigenvalue weighted by atomic mass is 35.5. The van der Waals surface area contributed by atoms with E-state index in [-0.39, 0.29) is 0 Å². The summed E-state index contributed by atoms with van der Waals surface area (Å²) < 4.78 is 0. The molecule has 1 atom stereocenters. The number of rotatable bonds is 5. The molecule has 1 aromatic carbocycles. The molecule has 82 valence electrons. The largest absolute Gasteiger partial charge is 0.480 e. The number of carboxylic acid groups (broad SMARTS) is 1. The van der Waals surface area contributed by atoms with Gasteiger partial charge in [-0.15, -0.1) is 0 Å². The molecule has 0 heterocycles. The second-order valence-corrected chi connectivity index (χ2v) is 3.72. The summed E-state index contributed by atoms with van der Waals surface area (Å²) in [6.45, 7) is 0. The van der Waals surface area contributed by atoms with Crippen LogP contribution in [0.15, 0.2) is 24.3 Å². The van der Waals surface area contributed by atoms with Gasteiger partial charge < -0.3 is 10.4 Å². The lowest BCUT2D eigenvalue weighted by atomic mass is 10.1. The summed E-state index contributed by atoms with van der Waals surface area (Å²) in [5.74, 6) is -0.829. The second kappa shape index (κ2) is 5.73. The van der Waals surface area contributed by atoms with Gasteiger partial charge in [-0.2, -0.15) is 0 Å². The van der Waals surface area contributed by atoms with Gasteiger partial charge in [0.2, 0.25) is 0 Å². The van der Waals surface area contributed by atoms with E-state index in [0.29, 0.717) is 17.9 Å². The minimum atomic E-state index is -0.829. The second-order valence-electron chi connectivity index (χ2n) is 3.31. The molecule has 0 aliphatic heterocycles. The van der Waals surface area contributed by atoms with Crippen molar-refractivity contribution >= 4 is 17.6 Å². The maximum atomic E-state index is 10.7. The van der Waals surface area contributed by atoms with E-state index in [1.807, 2.05) is 24.3 Å². The van der Waals surface area contributed by atoms with Crippen LogP contribution in [0, 0.1) is 0 Å². The standard InChI is InChI=1S/C11H14ClNO2/c1-13-10(11(14)15)7-6-8-4-2-3-5-9(8)12/h2-5,10,13H,6-7H2,1H3,(H,14,15). The SMILES string of the molecule is CNC(CCc1ccccc1Cl)C(=O)O. The molecule has 4 heteroatoms. The van der Waals surface area contributed by atoms with Crippen LogP contribution in [0.5, 0.6) is 0 Å². The molecule has 0 bridgehead atoms. The molecule has 0 fully saturated rings. The van der Waals surface area contributed by atoms with E-state index in [2.05, 4.69) is 5.32 Å². The molecule has 0 aliphatic carbocycles. The fourth-order valence-electron chi connectivity index (χ4n) is 1.39. The molecule has 0 spiro atoms. The highest BCUT2D eigenvalue weighted by molar-refractivity contribution is 6.31. The Morgan fingerprint density at radius 3 is 2.73 bits per heavy atom. The van der Waals surface area contributed by atoms with Gasteiger partial charge in [0.05, 0.1) is 0 Å².